The van der Waals surface area contributed by atoms with E-state index < -0.39 is 15.8 Å². The first-order valence-corrected chi connectivity index (χ1v) is 7.91. The number of hydrogen-bond donors (Lipinski definition) is 1. The highest BCUT2D eigenvalue weighted by molar-refractivity contribution is 7.91. The van der Waals surface area contributed by atoms with Crippen LogP contribution in [-0.2, 0) is 14.6 Å². The second kappa shape index (κ2) is 6.56. The fourth-order valence-corrected chi connectivity index (χ4v) is 2.37. The summed E-state index contributed by atoms with van der Waals surface area (Å²) >= 11 is 0. The highest BCUT2D eigenvalue weighted by Gasteiger charge is 2.12. The summed E-state index contributed by atoms with van der Waals surface area (Å²) in [6.45, 7) is 3.47. The minimum Gasteiger partial charge on any atom is -0.462 e. The van der Waals surface area contributed by atoms with E-state index in [0.717, 1.165) is 5.56 Å². The van der Waals surface area contributed by atoms with Crippen molar-refractivity contribution in [2.45, 2.75) is 20.3 Å². The first kappa shape index (κ1) is 15.5. The molecule has 6 heteroatoms. The number of aryl methyl sites for hydroxylation is 1. The van der Waals surface area contributed by atoms with E-state index in [9.17, 15) is 13.2 Å². The minimum atomic E-state index is -3.01. The van der Waals surface area contributed by atoms with E-state index in [2.05, 4.69) is 0 Å². The molecule has 0 aliphatic rings. The van der Waals surface area contributed by atoms with Gasteiger partial charge in [-0.15, -0.1) is 0 Å². The van der Waals surface area contributed by atoms with Gasteiger partial charge in [-0.2, -0.15) is 0 Å². The molecule has 0 saturated heterocycles. The van der Waals surface area contributed by atoms with Gasteiger partial charge >= 0.3 is 5.97 Å². The molecule has 0 aliphatic carbocycles. The molecule has 0 heterocycles. The highest BCUT2D eigenvalue weighted by atomic mass is 32.2. The molecule has 2 N–H and O–H groups in total. The van der Waals surface area contributed by atoms with E-state index in [0.29, 0.717) is 17.7 Å². The Morgan fingerprint density at radius 1 is 1.37 bits per heavy atom. The lowest BCUT2D eigenvalue weighted by molar-refractivity contribution is 0.0505. The molecular formula is C13H19NO4S. The van der Waals surface area contributed by atoms with Crippen LogP contribution in [-0.4, -0.2) is 32.5 Å². The van der Waals surface area contributed by atoms with Gasteiger partial charge in [0.1, 0.15) is 9.84 Å². The Balaban J connectivity index is 2.50. The van der Waals surface area contributed by atoms with Gasteiger partial charge < -0.3 is 10.5 Å². The first-order valence-electron chi connectivity index (χ1n) is 6.09. The number of nitrogens with two attached hydrogens (primary N) is 1. The Bertz CT molecular complexity index is 552. The summed E-state index contributed by atoms with van der Waals surface area (Å²) in [6, 6.07) is 5.01. The topological polar surface area (TPSA) is 86.5 Å². The van der Waals surface area contributed by atoms with Gasteiger partial charge in [0, 0.05) is 11.4 Å². The van der Waals surface area contributed by atoms with Crippen molar-refractivity contribution in [3.8, 4) is 0 Å². The average Bonchev–Trinajstić information content (AvgIpc) is 2.37. The van der Waals surface area contributed by atoms with Crippen LogP contribution in [0.1, 0.15) is 29.3 Å². The molecule has 0 fully saturated rings. The molecule has 0 unspecified atom stereocenters. The van der Waals surface area contributed by atoms with Gasteiger partial charge in [0.2, 0.25) is 0 Å². The number of benzene rings is 1. The summed E-state index contributed by atoms with van der Waals surface area (Å²) in [5.74, 6) is -0.333. The number of esters is 1. The largest absolute Gasteiger partial charge is 0.462 e. The van der Waals surface area contributed by atoms with Crippen molar-refractivity contribution in [1.29, 1.82) is 0 Å². The summed E-state index contributed by atoms with van der Waals surface area (Å²) in [6.07, 6.45) is 0.309. The Labute approximate surface area is 113 Å². The summed E-state index contributed by atoms with van der Waals surface area (Å²) in [5.41, 5.74) is 7.29. The van der Waals surface area contributed by atoms with Gasteiger partial charge in [-0.3, -0.25) is 0 Å². The zero-order valence-electron chi connectivity index (χ0n) is 11.2. The Morgan fingerprint density at radius 3 is 2.68 bits per heavy atom. The third-order valence-corrected chi connectivity index (χ3v) is 4.54. The predicted octanol–water partition coefficient (Wildman–Crippen LogP) is 1.56. The van der Waals surface area contributed by atoms with E-state index in [1.807, 2.05) is 0 Å². The maximum absolute atomic E-state index is 11.8. The molecule has 1 rings (SSSR count). The van der Waals surface area contributed by atoms with E-state index in [1.54, 1.807) is 32.0 Å². The molecule has 1 aromatic carbocycles. The summed E-state index contributed by atoms with van der Waals surface area (Å²) in [7, 11) is -3.01. The zero-order valence-corrected chi connectivity index (χ0v) is 12.0. The standard InChI is InChI=1S/C13H19NO4S/c1-3-19(16,17)8-4-7-18-13(15)12-9-11(14)6-5-10(12)2/h5-6,9H,3-4,7-8,14H2,1-2H3. The van der Waals surface area contributed by atoms with Gasteiger partial charge in [-0.25, -0.2) is 13.2 Å². The molecule has 0 radical (unpaired) electrons. The maximum atomic E-state index is 11.8. The number of rotatable bonds is 6. The van der Waals surface area contributed by atoms with Crippen molar-refractivity contribution in [3.05, 3.63) is 29.3 Å². The molecule has 106 valence electrons. The molecule has 0 amide bonds. The Hall–Kier alpha value is -1.56. The fraction of sp³-hybridized carbons (Fsp3) is 0.462. The molecule has 0 aromatic heterocycles. The third kappa shape index (κ3) is 4.90. The maximum Gasteiger partial charge on any atom is 0.338 e. The van der Waals surface area contributed by atoms with Gasteiger partial charge in [0.15, 0.2) is 0 Å². The van der Waals surface area contributed by atoms with Gasteiger partial charge in [-0.1, -0.05) is 13.0 Å². The first-order chi connectivity index (χ1) is 8.85. The van der Waals surface area contributed by atoms with Crippen molar-refractivity contribution >= 4 is 21.5 Å². The molecule has 0 aliphatic heterocycles. The van der Waals surface area contributed by atoms with Crippen LogP contribution in [0.25, 0.3) is 0 Å². The fourth-order valence-electron chi connectivity index (χ4n) is 1.53. The summed E-state index contributed by atoms with van der Waals surface area (Å²) < 4.78 is 27.6. The molecule has 5 nitrogen and oxygen atoms in total. The highest BCUT2D eigenvalue weighted by Crippen LogP contribution is 2.13. The second-order valence-corrected chi connectivity index (χ2v) is 6.77. The number of carbonyl (C=O) groups excluding carboxylic acids is 1. The number of ether oxygens (including phenoxy) is 1. The number of anilines is 1. The smallest absolute Gasteiger partial charge is 0.338 e. The van der Waals surface area contributed by atoms with Gasteiger partial charge in [0.05, 0.1) is 17.9 Å². The molecule has 0 atom stereocenters. The molecule has 0 saturated carbocycles. The van der Waals surface area contributed by atoms with E-state index >= 15 is 0 Å². The quantitative estimate of drug-likeness (QED) is 0.487. The zero-order chi connectivity index (χ0) is 14.5. The van der Waals surface area contributed by atoms with Crippen LogP contribution in [0.15, 0.2) is 18.2 Å². The number of sulfone groups is 1. The normalized spacial score (nSPS) is 11.3. The Kier molecular flexibility index (Phi) is 5.35. The van der Waals surface area contributed by atoms with Crippen LogP contribution in [0, 0.1) is 6.92 Å². The Morgan fingerprint density at radius 2 is 2.05 bits per heavy atom. The monoisotopic (exact) mass is 285 g/mol. The molecule has 0 bridgehead atoms. The summed E-state index contributed by atoms with van der Waals surface area (Å²) in [5, 5.41) is 0. The van der Waals surface area contributed by atoms with Crippen molar-refractivity contribution in [1.82, 2.24) is 0 Å². The van der Waals surface area contributed by atoms with Crippen LogP contribution < -0.4 is 5.73 Å². The average molecular weight is 285 g/mol. The van der Waals surface area contributed by atoms with Crippen molar-refractivity contribution < 1.29 is 17.9 Å². The number of carbonyl (C=O) groups is 1. The third-order valence-electron chi connectivity index (χ3n) is 2.75. The predicted molar refractivity (Wildman–Crippen MR) is 74.8 cm³/mol. The number of nitrogen functional groups attached to an aromatic ring is 1. The molecular weight excluding hydrogens is 266 g/mol. The van der Waals surface area contributed by atoms with Crippen LogP contribution in [0.2, 0.25) is 0 Å². The molecule has 19 heavy (non-hydrogen) atoms. The van der Waals surface area contributed by atoms with Crippen molar-refractivity contribution in [3.63, 3.8) is 0 Å². The van der Waals surface area contributed by atoms with Gasteiger partial charge in [-0.05, 0) is 31.0 Å². The number of hydrogen-bond acceptors (Lipinski definition) is 5. The van der Waals surface area contributed by atoms with Crippen LogP contribution >= 0.6 is 0 Å². The SMILES string of the molecule is CCS(=O)(=O)CCCOC(=O)c1cc(N)ccc1C. The minimum absolute atomic E-state index is 0.0344. The van der Waals surface area contributed by atoms with Crippen LogP contribution in [0.5, 0.6) is 0 Å². The van der Waals surface area contributed by atoms with Gasteiger partial charge in [0.25, 0.3) is 0 Å². The van der Waals surface area contributed by atoms with E-state index in [-0.39, 0.29) is 18.1 Å². The lowest BCUT2D eigenvalue weighted by Crippen LogP contribution is -2.14. The van der Waals surface area contributed by atoms with Crippen molar-refractivity contribution in [2.24, 2.45) is 0 Å². The lowest BCUT2D eigenvalue weighted by Gasteiger charge is -2.08. The van der Waals surface area contributed by atoms with Crippen LogP contribution in [0.3, 0.4) is 0 Å². The second-order valence-electron chi connectivity index (χ2n) is 4.30. The van der Waals surface area contributed by atoms with Crippen molar-refractivity contribution in [2.75, 3.05) is 23.8 Å². The lowest BCUT2D eigenvalue weighted by atomic mass is 10.1. The van der Waals surface area contributed by atoms with E-state index in [4.69, 9.17) is 10.5 Å². The van der Waals surface area contributed by atoms with Crippen LogP contribution in [0.4, 0.5) is 5.69 Å². The van der Waals surface area contributed by atoms with E-state index in [1.165, 1.54) is 0 Å². The molecule has 0 spiro atoms. The molecule has 1 aromatic rings. The summed E-state index contributed by atoms with van der Waals surface area (Å²) in [4.78, 5) is 11.8.